The Kier molecular flexibility index (Phi) is 6.49. The molecule has 1 aromatic heterocycles. The number of nitrogens with zero attached hydrogens (tertiary/aromatic N) is 1. The van der Waals surface area contributed by atoms with Crippen molar-refractivity contribution in [1.82, 2.24) is 5.32 Å². The van der Waals surface area contributed by atoms with Gasteiger partial charge in [-0.1, -0.05) is 24.3 Å². The van der Waals surface area contributed by atoms with Gasteiger partial charge >= 0.3 is 0 Å². The molecular formula is C13H15ClN2O2S. The van der Waals surface area contributed by atoms with Crippen molar-refractivity contribution < 1.29 is 4.92 Å². The van der Waals surface area contributed by atoms with Gasteiger partial charge in [-0.15, -0.1) is 23.7 Å². The summed E-state index contributed by atoms with van der Waals surface area (Å²) in [5, 5.41) is 16.1. The van der Waals surface area contributed by atoms with E-state index in [0.29, 0.717) is 6.54 Å². The van der Waals surface area contributed by atoms with Crippen molar-refractivity contribution in [2.24, 2.45) is 0 Å². The van der Waals surface area contributed by atoms with E-state index in [9.17, 15) is 10.1 Å². The van der Waals surface area contributed by atoms with Gasteiger partial charge in [-0.25, -0.2) is 0 Å². The molecular weight excluding hydrogens is 284 g/mol. The van der Waals surface area contributed by atoms with Gasteiger partial charge in [-0.2, -0.15) is 0 Å². The van der Waals surface area contributed by atoms with Crippen molar-refractivity contribution in [1.29, 1.82) is 0 Å². The zero-order valence-corrected chi connectivity index (χ0v) is 11.9. The molecule has 0 saturated heterocycles. The average Bonchev–Trinajstić information content (AvgIpc) is 2.88. The molecule has 0 fully saturated rings. The zero-order valence-electron chi connectivity index (χ0n) is 10.2. The fraction of sp³-hybridized carbons (Fsp3) is 0.231. The minimum absolute atomic E-state index is 0. The summed E-state index contributed by atoms with van der Waals surface area (Å²) in [7, 11) is 0. The molecule has 0 aliphatic heterocycles. The lowest BCUT2D eigenvalue weighted by Crippen LogP contribution is -2.17. The molecule has 0 unspecified atom stereocenters. The first kappa shape index (κ1) is 15.6. The number of hydrogen-bond acceptors (Lipinski definition) is 4. The van der Waals surface area contributed by atoms with Crippen molar-refractivity contribution in [2.75, 3.05) is 6.54 Å². The number of thiophene rings is 1. The molecule has 0 aliphatic carbocycles. The van der Waals surface area contributed by atoms with Gasteiger partial charge in [0.2, 0.25) is 0 Å². The number of hydrogen-bond donors (Lipinski definition) is 1. The third-order valence-electron chi connectivity index (χ3n) is 2.63. The summed E-state index contributed by atoms with van der Waals surface area (Å²) in [6, 6.07) is 11.0. The van der Waals surface area contributed by atoms with E-state index in [1.165, 1.54) is 10.9 Å². The highest BCUT2D eigenvalue weighted by Gasteiger charge is 2.11. The SMILES string of the molecule is Cl.O=[N+]([O-])c1ccccc1CNCCc1cccs1. The smallest absolute Gasteiger partial charge is 0.273 e. The highest BCUT2D eigenvalue weighted by Crippen LogP contribution is 2.17. The number of nitro benzene ring substituents is 1. The Morgan fingerprint density at radius 1 is 1.21 bits per heavy atom. The van der Waals surface area contributed by atoms with Gasteiger partial charge < -0.3 is 5.32 Å². The molecule has 0 bridgehead atoms. The van der Waals surface area contributed by atoms with Crippen LogP contribution >= 0.6 is 23.7 Å². The standard InChI is InChI=1S/C13H14N2O2S.ClH/c16-15(17)13-6-2-1-4-11(13)10-14-8-7-12-5-3-9-18-12;/h1-6,9,14H,7-8,10H2;1H. The molecule has 0 spiro atoms. The maximum Gasteiger partial charge on any atom is 0.273 e. The van der Waals surface area contributed by atoms with Gasteiger partial charge in [0.1, 0.15) is 0 Å². The van der Waals surface area contributed by atoms with E-state index < -0.39 is 0 Å². The summed E-state index contributed by atoms with van der Waals surface area (Å²) in [4.78, 5) is 11.8. The quantitative estimate of drug-likeness (QED) is 0.505. The maximum atomic E-state index is 10.8. The van der Waals surface area contributed by atoms with Crippen molar-refractivity contribution in [2.45, 2.75) is 13.0 Å². The van der Waals surface area contributed by atoms with Gasteiger partial charge in [0.05, 0.1) is 4.92 Å². The van der Waals surface area contributed by atoms with Gasteiger partial charge in [0, 0.05) is 29.6 Å². The number of para-hydroxylation sites is 1. The molecule has 1 aromatic carbocycles. The summed E-state index contributed by atoms with van der Waals surface area (Å²) in [6.45, 7) is 1.36. The fourth-order valence-electron chi connectivity index (χ4n) is 1.73. The van der Waals surface area contributed by atoms with E-state index in [0.717, 1.165) is 18.5 Å². The molecule has 0 radical (unpaired) electrons. The van der Waals surface area contributed by atoms with E-state index in [2.05, 4.69) is 16.8 Å². The monoisotopic (exact) mass is 298 g/mol. The fourth-order valence-corrected chi connectivity index (χ4v) is 2.44. The van der Waals surface area contributed by atoms with E-state index >= 15 is 0 Å². The molecule has 19 heavy (non-hydrogen) atoms. The molecule has 6 heteroatoms. The average molecular weight is 299 g/mol. The van der Waals surface area contributed by atoms with Crippen LogP contribution in [0.3, 0.4) is 0 Å². The number of benzene rings is 1. The number of rotatable bonds is 6. The van der Waals surface area contributed by atoms with Gasteiger partial charge in [0.15, 0.2) is 0 Å². The van der Waals surface area contributed by atoms with E-state index in [1.807, 2.05) is 12.1 Å². The minimum atomic E-state index is -0.337. The van der Waals surface area contributed by atoms with Crippen molar-refractivity contribution in [3.63, 3.8) is 0 Å². The Morgan fingerprint density at radius 3 is 2.68 bits per heavy atom. The van der Waals surface area contributed by atoms with Crippen LogP contribution in [-0.2, 0) is 13.0 Å². The van der Waals surface area contributed by atoms with Gasteiger partial charge in [0.25, 0.3) is 5.69 Å². The van der Waals surface area contributed by atoms with E-state index in [4.69, 9.17) is 0 Å². The molecule has 1 heterocycles. The number of halogens is 1. The van der Waals surface area contributed by atoms with Gasteiger partial charge in [-0.05, 0) is 17.9 Å². The van der Waals surface area contributed by atoms with Crippen LogP contribution in [0, 0.1) is 10.1 Å². The first-order valence-electron chi connectivity index (χ1n) is 5.73. The first-order valence-corrected chi connectivity index (χ1v) is 6.61. The van der Waals surface area contributed by atoms with Crippen LogP contribution < -0.4 is 5.32 Å². The Morgan fingerprint density at radius 2 is 2.00 bits per heavy atom. The molecule has 0 amide bonds. The van der Waals surface area contributed by atoms with Crippen LogP contribution in [0.1, 0.15) is 10.4 Å². The first-order chi connectivity index (χ1) is 8.77. The molecule has 102 valence electrons. The predicted molar refractivity (Wildman–Crippen MR) is 80.1 cm³/mol. The highest BCUT2D eigenvalue weighted by molar-refractivity contribution is 7.09. The molecule has 0 aliphatic rings. The number of nitrogens with one attached hydrogen (secondary N) is 1. The van der Waals surface area contributed by atoms with Crippen molar-refractivity contribution in [3.05, 3.63) is 62.3 Å². The minimum Gasteiger partial charge on any atom is -0.312 e. The van der Waals surface area contributed by atoms with Crippen molar-refractivity contribution in [3.8, 4) is 0 Å². The molecule has 1 N–H and O–H groups in total. The summed E-state index contributed by atoms with van der Waals surface area (Å²) in [5.41, 5.74) is 0.912. The topological polar surface area (TPSA) is 55.2 Å². The second-order valence-corrected chi connectivity index (χ2v) is 4.92. The van der Waals surface area contributed by atoms with Crippen LogP contribution in [0.4, 0.5) is 5.69 Å². The Labute approximate surface area is 122 Å². The highest BCUT2D eigenvalue weighted by atomic mass is 35.5. The second kappa shape index (κ2) is 7.89. The summed E-state index contributed by atoms with van der Waals surface area (Å²) < 4.78 is 0. The van der Waals surface area contributed by atoms with Gasteiger partial charge in [-0.3, -0.25) is 10.1 Å². The lowest BCUT2D eigenvalue weighted by Gasteiger charge is -2.04. The third-order valence-corrected chi connectivity index (χ3v) is 3.57. The number of nitro groups is 1. The molecule has 2 rings (SSSR count). The summed E-state index contributed by atoms with van der Waals surface area (Å²) in [6.07, 6.45) is 0.957. The van der Waals surface area contributed by atoms with E-state index in [1.54, 1.807) is 23.5 Å². The Hall–Kier alpha value is -1.43. The lowest BCUT2D eigenvalue weighted by atomic mass is 10.2. The molecule has 4 nitrogen and oxygen atoms in total. The second-order valence-electron chi connectivity index (χ2n) is 3.89. The molecule has 0 atom stereocenters. The summed E-state index contributed by atoms with van der Waals surface area (Å²) >= 11 is 1.73. The largest absolute Gasteiger partial charge is 0.312 e. The van der Waals surface area contributed by atoms with Crippen LogP contribution in [0.5, 0.6) is 0 Å². The van der Waals surface area contributed by atoms with Crippen LogP contribution in [-0.4, -0.2) is 11.5 Å². The Balaban J connectivity index is 0.00000180. The van der Waals surface area contributed by atoms with Crippen LogP contribution in [0.2, 0.25) is 0 Å². The third kappa shape index (κ3) is 4.63. The predicted octanol–water partition coefficient (Wildman–Crippen LogP) is 3.41. The zero-order chi connectivity index (χ0) is 12.8. The normalized spacial score (nSPS) is 9.89. The van der Waals surface area contributed by atoms with Crippen LogP contribution in [0.15, 0.2) is 41.8 Å². The summed E-state index contributed by atoms with van der Waals surface area (Å²) in [5.74, 6) is 0. The molecule has 2 aromatic rings. The van der Waals surface area contributed by atoms with E-state index in [-0.39, 0.29) is 23.0 Å². The Bertz CT molecular complexity index is 517. The van der Waals surface area contributed by atoms with Crippen LogP contribution in [0.25, 0.3) is 0 Å². The molecule has 0 saturated carbocycles. The maximum absolute atomic E-state index is 10.8. The lowest BCUT2D eigenvalue weighted by molar-refractivity contribution is -0.385. The van der Waals surface area contributed by atoms with Crippen molar-refractivity contribution >= 4 is 29.4 Å².